The lowest BCUT2D eigenvalue weighted by Crippen LogP contribution is -2.52. The molecule has 1 heterocycles. The number of nitrogens with one attached hydrogen (secondary N) is 1. The molecule has 1 fully saturated rings. The number of morpholine rings is 1. The molecule has 0 radical (unpaired) electrons. The number of amides is 1. The zero-order chi connectivity index (χ0) is 14.6. The van der Waals surface area contributed by atoms with Crippen molar-refractivity contribution in [2.45, 2.75) is 45.9 Å². The zero-order valence-electron chi connectivity index (χ0n) is 12.0. The second-order valence-corrected chi connectivity index (χ2v) is 5.50. The monoisotopic (exact) mass is 272 g/mol. The molecule has 0 spiro atoms. The van der Waals surface area contributed by atoms with E-state index in [0.29, 0.717) is 13.1 Å². The Balaban J connectivity index is 2.48. The fourth-order valence-corrected chi connectivity index (χ4v) is 2.30. The number of carboxylic acid groups (broad SMARTS) is 1. The third-order valence-electron chi connectivity index (χ3n) is 3.18. The first-order valence-electron chi connectivity index (χ1n) is 6.70. The summed E-state index contributed by atoms with van der Waals surface area (Å²) in [6, 6.07) is -0.695. The van der Waals surface area contributed by atoms with Crippen LogP contribution in [0.2, 0.25) is 0 Å². The fraction of sp³-hybridized carbons (Fsp3) is 0.846. The van der Waals surface area contributed by atoms with Gasteiger partial charge in [-0.2, -0.15) is 0 Å². The molecule has 19 heavy (non-hydrogen) atoms. The van der Waals surface area contributed by atoms with Crippen LogP contribution in [0.25, 0.3) is 0 Å². The van der Waals surface area contributed by atoms with Crippen molar-refractivity contribution >= 4 is 11.9 Å². The summed E-state index contributed by atoms with van der Waals surface area (Å²) in [6.07, 6.45) is 0.0427. The molecule has 3 unspecified atom stereocenters. The van der Waals surface area contributed by atoms with Crippen LogP contribution in [0.4, 0.5) is 0 Å². The van der Waals surface area contributed by atoms with E-state index in [1.807, 2.05) is 27.7 Å². The van der Waals surface area contributed by atoms with E-state index in [1.54, 1.807) is 4.90 Å². The molecule has 0 aromatic heterocycles. The SMILES string of the molecule is CC1CN(C(=O)CNC(C(=O)O)C(C)C)CC(C)O1. The largest absolute Gasteiger partial charge is 0.480 e. The van der Waals surface area contributed by atoms with Gasteiger partial charge in [-0.05, 0) is 19.8 Å². The molecule has 0 saturated carbocycles. The number of rotatable bonds is 5. The molecule has 1 amide bonds. The molecule has 2 N–H and O–H groups in total. The van der Waals surface area contributed by atoms with Gasteiger partial charge in [-0.3, -0.25) is 14.9 Å². The van der Waals surface area contributed by atoms with Gasteiger partial charge in [0, 0.05) is 13.1 Å². The molecule has 1 aliphatic heterocycles. The summed E-state index contributed by atoms with van der Waals surface area (Å²) in [6.45, 7) is 8.66. The molecule has 6 nitrogen and oxygen atoms in total. The standard InChI is InChI=1S/C13H24N2O4/c1-8(2)12(13(17)18)14-5-11(16)15-6-9(3)19-10(4)7-15/h8-10,12,14H,5-7H2,1-4H3,(H,17,18). The topological polar surface area (TPSA) is 78.9 Å². The number of aliphatic carboxylic acids is 1. The maximum atomic E-state index is 12.1. The minimum Gasteiger partial charge on any atom is -0.480 e. The molecular formula is C13H24N2O4. The molecule has 0 aromatic carbocycles. The Labute approximate surface area is 114 Å². The molecule has 1 rings (SSSR count). The molecular weight excluding hydrogens is 248 g/mol. The Hall–Kier alpha value is -1.14. The van der Waals surface area contributed by atoms with E-state index in [2.05, 4.69) is 5.32 Å². The highest BCUT2D eigenvalue weighted by Gasteiger charge is 2.27. The summed E-state index contributed by atoms with van der Waals surface area (Å²) >= 11 is 0. The number of nitrogens with zero attached hydrogens (tertiary/aromatic N) is 1. The van der Waals surface area contributed by atoms with Crippen LogP contribution in [0.15, 0.2) is 0 Å². The third kappa shape index (κ3) is 4.80. The minimum atomic E-state index is -0.925. The van der Waals surface area contributed by atoms with Gasteiger partial charge in [0.1, 0.15) is 6.04 Å². The van der Waals surface area contributed by atoms with Crippen molar-refractivity contribution < 1.29 is 19.4 Å². The number of hydrogen-bond donors (Lipinski definition) is 2. The summed E-state index contributed by atoms with van der Waals surface area (Å²) < 4.78 is 5.56. The summed E-state index contributed by atoms with van der Waals surface area (Å²) in [7, 11) is 0. The summed E-state index contributed by atoms with van der Waals surface area (Å²) in [4.78, 5) is 24.8. The Kier molecular flexibility index (Phi) is 5.75. The van der Waals surface area contributed by atoms with Crippen molar-refractivity contribution in [3.05, 3.63) is 0 Å². The van der Waals surface area contributed by atoms with Crippen LogP contribution in [-0.4, -0.2) is 59.8 Å². The molecule has 1 saturated heterocycles. The Morgan fingerprint density at radius 2 is 1.84 bits per heavy atom. The van der Waals surface area contributed by atoms with Gasteiger partial charge in [-0.15, -0.1) is 0 Å². The van der Waals surface area contributed by atoms with Crippen molar-refractivity contribution in [1.82, 2.24) is 10.2 Å². The average Bonchev–Trinajstić information content (AvgIpc) is 2.26. The predicted octanol–water partition coefficient (Wildman–Crippen LogP) is 0.321. The van der Waals surface area contributed by atoms with Crippen molar-refractivity contribution in [3.8, 4) is 0 Å². The second-order valence-electron chi connectivity index (χ2n) is 5.50. The van der Waals surface area contributed by atoms with E-state index in [0.717, 1.165) is 0 Å². The average molecular weight is 272 g/mol. The van der Waals surface area contributed by atoms with Gasteiger partial charge >= 0.3 is 5.97 Å². The lowest BCUT2D eigenvalue weighted by Gasteiger charge is -2.35. The first kappa shape index (κ1) is 15.9. The van der Waals surface area contributed by atoms with Crippen LogP contribution in [0.3, 0.4) is 0 Å². The van der Waals surface area contributed by atoms with Crippen LogP contribution in [0, 0.1) is 5.92 Å². The zero-order valence-corrected chi connectivity index (χ0v) is 12.0. The van der Waals surface area contributed by atoms with E-state index in [9.17, 15) is 9.59 Å². The quantitative estimate of drug-likeness (QED) is 0.753. The third-order valence-corrected chi connectivity index (χ3v) is 3.18. The van der Waals surface area contributed by atoms with E-state index in [4.69, 9.17) is 9.84 Å². The minimum absolute atomic E-state index is 0.0214. The maximum Gasteiger partial charge on any atom is 0.320 e. The molecule has 110 valence electrons. The number of carboxylic acids is 1. The van der Waals surface area contributed by atoms with Crippen LogP contribution in [0.1, 0.15) is 27.7 Å². The number of carbonyl (C=O) groups is 2. The summed E-state index contributed by atoms with van der Waals surface area (Å²) in [5.74, 6) is -1.06. The first-order chi connectivity index (χ1) is 8.81. The van der Waals surface area contributed by atoms with Crippen LogP contribution in [0.5, 0.6) is 0 Å². The van der Waals surface area contributed by atoms with E-state index in [1.165, 1.54) is 0 Å². The predicted molar refractivity (Wildman–Crippen MR) is 70.9 cm³/mol. The molecule has 6 heteroatoms. The molecule has 0 bridgehead atoms. The highest BCUT2D eigenvalue weighted by molar-refractivity contribution is 5.80. The maximum absolute atomic E-state index is 12.1. The van der Waals surface area contributed by atoms with Gasteiger partial charge < -0.3 is 14.7 Å². The van der Waals surface area contributed by atoms with E-state index < -0.39 is 12.0 Å². The molecule has 3 atom stereocenters. The molecule has 1 aliphatic rings. The first-order valence-corrected chi connectivity index (χ1v) is 6.70. The Morgan fingerprint density at radius 1 is 1.32 bits per heavy atom. The summed E-state index contributed by atoms with van der Waals surface area (Å²) in [5.41, 5.74) is 0. The lowest BCUT2D eigenvalue weighted by atomic mass is 10.0. The summed E-state index contributed by atoms with van der Waals surface area (Å²) in [5, 5.41) is 11.9. The fourth-order valence-electron chi connectivity index (χ4n) is 2.30. The van der Waals surface area contributed by atoms with Gasteiger partial charge in [0.15, 0.2) is 0 Å². The molecule has 0 aliphatic carbocycles. The smallest absolute Gasteiger partial charge is 0.320 e. The van der Waals surface area contributed by atoms with Crippen molar-refractivity contribution in [1.29, 1.82) is 0 Å². The van der Waals surface area contributed by atoms with Crippen molar-refractivity contribution in [2.75, 3.05) is 19.6 Å². The second kappa shape index (κ2) is 6.86. The van der Waals surface area contributed by atoms with Crippen LogP contribution >= 0.6 is 0 Å². The van der Waals surface area contributed by atoms with E-state index >= 15 is 0 Å². The number of hydrogen-bond acceptors (Lipinski definition) is 4. The highest BCUT2D eigenvalue weighted by atomic mass is 16.5. The Bertz CT molecular complexity index is 323. The van der Waals surface area contributed by atoms with Gasteiger partial charge in [-0.1, -0.05) is 13.8 Å². The number of carbonyl (C=O) groups excluding carboxylic acids is 1. The van der Waals surface area contributed by atoms with Gasteiger partial charge in [0.2, 0.25) is 5.91 Å². The number of ether oxygens (including phenoxy) is 1. The van der Waals surface area contributed by atoms with Crippen molar-refractivity contribution in [3.63, 3.8) is 0 Å². The normalized spacial score (nSPS) is 25.4. The Morgan fingerprint density at radius 3 is 2.26 bits per heavy atom. The van der Waals surface area contributed by atoms with E-state index in [-0.39, 0.29) is 30.6 Å². The highest BCUT2D eigenvalue weighted by Crippen LogP contribution is 2.10. The van der Waals surface area contributed by atoms with Crippen LogP contribution < -0.4 is 5.32 Å². The van der Waals surface area contributed by atoms with Crippen molar-refractivity contribution in [2.24, 2.45) is 5.92 Å². The van der Waals surface area contributed by atoms with Gasteiger partial charge in [0.05, 0.1) is 18.8 Å². The van der Waals surface area contributed by atoms with Gasteiger partial charge in [-0.25, -0.2) is 0 Å². The lowest BCUT2D eigenvalue weighted by molar-refractivity contribution is -0.144. The van der Waals surface area contributed by atoms with Crippen LogP contribution in [-0.2, 0) is 14.3 Å². The molecule has 0 aromatic rings. The van der Waals surface area contributed by atoms with Gasteiger partial charge in [0.25, 0.3) is 0 Å².